The summed E-state index contributed by atoms with van der Waals surface area (Å²) in [4.78, 5) is 12.4. The van der Waals surface area contributed by atoms with Gasteiger partial charge in [-0.3, -0.25) is 15.1 Å². The Morgan fingerprint density at radius 3 is 1.88 bits per heavy atom. The second-order valence-corrected chi connectivity index (χ2v) is 8.59. The van der Waals surface area contributed by atoms with Crippen molar-refractivity contribution >= 4 is 0 Å². The van der Waals surface area contributed by atoms with E-state index >= 15 is 0 Å². The molecule has 0 aromatic carbocycles. The molecule has 0 fully saturated rings. The van der Waals surface area contributed by atoms with Crippen molar-refractivity contribution in [2.75, 3.05) is 0 Å². The van der Waals surface area contributed by atoms with Gasteiger partial charge >= 0.3 is 6.18 Å². The number of aryl methyl sites for hydroxylation is 2. The summed E-state index contributed by atoms with van der Waals surface area (Å²) in [6, 6.07) is 10.2. The molecule has 0 aliphatic heterocycles. The van der Waals surface area contributed by atoms with Crippen LogP contribution in [0.3, 0.4) is 0 Å². The van der Waals surface area contributed by atoms with E-state index in [2.05, 4.69) is 20.1 Å². The Morgan fingerprint density at radius 2 is 1.32 bits per heavy atom. The van der Waals surface area contributed by atoms with Crippen molar-refractivity contribution in [2.45, 2.75) is 39.3 Å². The minimum Gasteiger partial charge on any atom is -0.273 e. The predicted octanol–water partition coefficient (Wildman–Crippen LogP) is 6.17. The van der Waals surface area contributed by atoms with Gasteiger partial charge in [0.1, 0.15) is 11.4 Å². The van der Waals surface area contributed by atoms with Gasteiger partial charge in [-0.15, -0.1) is 0 Å². The summed E-state index contributed by atoms with van der Waals surface area (Å²) in [5.41, 5.74) is 1.54. The minimum absolute atomic E-state index is 0.0521. The number of hydrogen-bond donors (Lipinski definition) is 1. The Bertz CT molecular complexity index is 1370. The lowest BCUT2D eigenvalue weighted by atomic mass is 9.83. The van der Waals surface area contributed by atoms with E-state index in [1.807, 2.05) is 38.0 Å². The summed E-state index contributed by atoms with van der Waals surface area (Å²) in [5.74, 6) is -1.91. The zero-order valence-corrected chi connectivity index (χ0v) is 18.7. The Balaban J connectivity index is 1.79. The third-order valence-electron chi connectivity index (χ3n) is 5.46. The van der Waals surface area contributed by atoms with Crippen molar-refractivity contribution in [3.05, 3.63) is 82.6 Å². The molecule has 0 aliphatic carbocycles. The molecule has 0 aliphatic rings. The molecule has 0 saturated heterocycles. The summed E-state index contributed by atoms with van der Waals surface area (Å²) in [7, 11) is 0. The lowest BCUT2D eigenvalue weighted by Gasteiger charge is -2.25. The second-order valence-electron chi connectivity index (χ2n) is 8.59. The fraction of sp³-hybridized carbons (Fsp3) is 0.250. The number of hydrogen-bond acceptors (Lipinski definition) is 4. The van der Waals surface area contributed by atoms with Gasteiger partial charge in [-0.05, 0) is 81.3 Å². The quantitative estimate of drug-likeness (QED) is 0.284. The van der Waals surface area contributed by atoms with Gasteiger partial charge in [0.2, 0.25) is 11.9 Å². The first-order valence-electron chi connectivity index (χ1n) is 10.3. The van der Waals surface area contributed by atoms with Crippen LogP contribution in [0.15, 0.2) is 42.5 Å². The predicted molar refractivity (Wildman–Crippen MR) is 116 cm³/mol. The van der Waals surface area contributed by atoms with Crippen LogP contribution in [0.5, 0.6) is 0 Å². The third-order valence-corrected chi connectivity index (χ3v) is 5.46. The van der Waals surface area contributed by atoms with Crippen LogP contribution in [0.2, 0.25) is 0 Å². The number of nitrogens with one attached hydrogen (secondary N) is 1. The van der Waals surface area contributed by atoms with Crippen LogP contribution in [0.4, 0.5) is 22.0 Å². The molecule has 0 spiro atoms. The normalized spacial score (nSPS) is 12.3. The maximum atomic E-state index is 14.3. The van der Waals surface area contributed by atoms with Gasteiger partial charge in [-0.2, -0.15) is 32.0 Å². The molecular formula is C24H20F5N5. The van der Waals surface area contributed by atoms with E-state index < -0.39 is 29.2 Å². The topological polar surface area (TPSA) is 67.3 Å². The molecule has 176 valence electrons. The number of halogens is 5. The molecule has 5 nitrogen and oxygen atoms in total. The number of aromatic amines is 1. The van der Waals surface area contributed by atoms with E-state index in [1.54, 1.807) is 19.1 Å². The van der Waals surface area contributed by atoms with E-state index in [-0.39, 0.29) is 22.6 Å². The van der Waals surface area contributed by atoms with Crippen LogP contribution in [-0.4, -0.2) is 25.1 Å². The van der Waals surface area contributed by atoms with Crippen molar-refractivity contribution in [1.29, 1.82) is 0 Å². The lowest BCUT2D eigenvalue weighted by Crippen LogP contribution is -2.23. The molecular weight excluding hydrogens is 453 g/mol. The van der Waals surface area contributed by atoms with Crippen LogP contribution >= 0.6 is 0 Å². The Labute approximate surface area is 192 Å². The summed E-state index contributed by atoms with van der Waals surface area (Å²) in [6.07, 6.45) is -4.55. The number of H-pyrrole nitrogens is 1. The van der Waals surface area contributed by atoms with Crippen molar-refractivity contribution in [1.82, 2.24) is 25.1 Å². The van der Waals surface area contributed by atoms with Crippen LogP contribution < -0.4 is 0 Å². The van der Waals surface area contributed by atoms with Gasteiger partial charge in [0.15, 0.2) is 0 Å². The van der Waals surface area contributed by atoms with Gasteiger partial charge in [-0.1, -0.05) is 0 Å². The Hall–Kier alpha value is -3.69. The first kappa shape index (κ1) is 23.5. The summed E-state index contributed by atoms with van der Waals surface area (Å²) in [6.45, 7) is 7.33. The van der Waals surface area contributed by atoms with E-state index in [9.17, 15) is 22.0 Å². The molecule has 4 aromatic heterocycles. The highest BCUT2D eigenvalue weighted by Gasteiger charge is 2.34. The summed E-state index contributed by atoms with van der Waals surface area (Å²) < 4.78 is 66.6. The summed E-state index contributed by atoms with van der Waals surface area (Å²) in [5, 5.41) is 5.77. The number of aromatic nitrogens is 5. The van der Waals surface area contributed by atoms with Crippen molar-refractivity contribution in [3.63, 3.8) is 0 Å². The van der Waals surface area contributed by atoms with Gasteiger partial charge in [-0.25, -0.2) is 0 Å². The molecule has 4 rings (SSSR count). The smallest absolute Gasteiger partial charge is 0.273 e. The van der Waals surface area contributed by atoms with Gasteiger partial charge in [0.25, 0.3) is 0 Å². The van der Waals surface area contributed by atoms with Crippen molar-refractivity contribution in [3.8, 4) is 22.6 Å². The average molecular weight is 473 g/mol. The molecule has 4 aromatic rings. The highest BCUT2D eigenvalue weighted by molar-refractivity contribution is 5.61. The fourth-order valence-corrected chi connectivity index (χ4v) is 3.58. The molecule has 10 heteroatoms. The molecule has 0 saturated carbocycles. The van der Waals surface area contributed by atoms with Crippen molar-refractivity contribution in [2.24, 2.45) is 0 Å². The second kappa shape index (κ2) is 8.27. The Kier molecular flexibility index (Phi) is 5.71. The molecule has 0 bridgehead atoms. The number of rotatable bonds is 4. The van der Waals surface area contributed by atoms with Crippen LogP contribution in [0, 0.1) is 25.7 Å². The molecule has 4 heterocycles. The van der Waals surface area contributed by atoms with Gasteiger partial charge in [0, 0.05) is 5.41 Å². The standard InChI is InChI=1S/C24H20F5N5/c1-12-7-15(14-5-6-21(25)32-22(14)26)30-18(9-12)23(3,4)19-10-13(2)8-16(31-19)17-11-20(34-33-17)24(27,28)29/h5-11H,1-4H3,(H,33,34). The number of alkyl halides is 3. The maximum absolute atomic E-state index is 14.3. The number of pyridine rings is 3. The van der Waals surface area contributed by atoms with Gasteiger partial charge in [0.05, 0.1) is 28.3 Å². The zero-order chi connectivity index (χ0) is 24.8. The third kappa shape index (κ3) is 4.52. The SMILES string of the molecule is Cc1cc(-c2cc(C(F)(F)F)[nH]n2)nc(C(C)(C)c2cc(C)cc(-c3ccc(F)nc3F)n2)c1. The molecule has 34 heavy (non-hydrogen) atoms. The molecule has 0 radical (unpaired) electrons. The number of nitrogens with zero attached hydrogens (tertiary/aromatic N) is 4. The molecule has 1 N–H and O–H groups in total. The van der Waals surface area contributed by atoms with Crippen molar-refractivity contribution < 1.29 is 22.0 Å². The average Bonchev–Trinajstić information content (AvgIpc) is 3.24. The van der Waals surface area contributed by atoms with E-state index in [4.69, 9.17) is 0 Å². The maximum Gasteiger partial charge on any atom is 0.432 e. The fourth-order valence-electron chi connectivity index (χ4n) is 3.58. The molecule has 0 atom stereocenters. The van der Waals surface area contributed by atoms with Crippen LogP contribution in [-0.2, 0) is 11.6 Å². The largest absolute Gasteiger partial charge is 0.432 e. The molecule has 0 unspecified atom stereocenters. The highest BCUT2D eigenvalue weighted by Crippen LogP contribution is 2.35. The van der Waals surface area contributed by atoms with Gasteiger partial charge < -0.3 is 0 Å². The summed E-state index contributed by atoms with van der Waals surface area (Å²) >= 11 is 0. The molecule has 0 amide bonds. The van der Waals surface area contributed by atoms with E-state index in [0.29, 0.717) is 11.4 Å². The monoisotopic (exact) mass is 473 g/mol. The van der Waals surface area contributed by atoms with Crippen LogP contribution in [0.25, 0.3) is 22.6 Å². The zero-order valence-electron chi connectivity index (χ0n) is 18.7. The highest BCUT2D eigenvalue weighted by atomic mass is 19.4. The first-order chi connectivity index (χ1) is 15.8. The Morgan fingerprint density at radius 1 is 0.735 bits per heavy atom. The first-order valence-corrected chi connectivity index (χ1v) is 10.3. The van der Waals surface area contributed by atoms with Crippen LogP contribution in [0.1, 0.15) is 42.1 Å². The van der Waals surface area contributed by atoms with E-state index in [1.165, 1.54) is 6.07 Å². The van der Waals surface area contributed by atoms with E-state index in [0.717, 1.165) is 23.3 Å². The minimum atomic E-state index is -4.55. The lowest BCUT2D eigenvalue weighted by molar-refractivity contribution is -0.141.